The van der Waals surface area contributed by atoms with E-state index < -0.39 is 16.8 Å². The number of carboxylic acid groups (broad SMARTS) is 1. The highest BCUT2D eigenvalue weighted by molar-refractivity contribution is 5.79. The number of ether oxygens (including phenoxy) is 1. The van der Waals surface area contributed by atoms with E-state index in [1.807, 2.05) is 0 Å². The van der Waals surface area contributed by atoms with Gasteiger partial charge in [-0.05, 0) is 18.3 Å². The molecule has 0 N–H and O–H groups in total. The molecule has 0 amide bonds. The van der Waals surface area contributed by atoms with Crippen molar-refractivity contribution < 1.29 is 19.4 Å². The fourth-order valence-electron chi connectivity index (χ4n) is 2.42. The van der Waals surface area contributed by atoms with Gasteiger partial charge in [0, 0.05) is 11.4 Å². The fraction of sp³-hybridized carbons (Fsp3) is 0.818. The first kappa shape index (κ1) is 12.0. The average molecular weight is 213 g/mol. The lowest BCUT2D eigenvalue weighted by molar-refractivity contribution is -0.323. The SMILES string of the molecule is COC(=O)[C@@H]1CC[C@](C)(C(=O)[O-])C1(C)C. The average Bonchev–Trinajstić information content (AvgIpc) is 2.39. The number of rotatable bonds is 2. The van der Waals surface area contributed by atoms with Crippen LogP contribution in [-0.4, -0.2) is 19.0 Å². The van der Waals surface area contributed by atoms with Crippen molar-refractivity contribution in [3.8, 4) is 0 Å². The minimum Gasteiger partial charge on any atom is -0.550 e. The predicted octanol–water partition coefficient (Wildman–Crippen LogP) is 0.352. The third-order valence-corrected chi connectivity index (χ3v) is 4.16. The molecule has 0 aliphatic heterocycles. The van der Waals surface area contributed by atoms with Crippen LogP contribution in [0.15, 0.2) is 0 Å². The molecule has 4 nitrogen and oxygen atoms in total. The van der Waals surface area contributed by atoms with Gasteiger partial charge in [0.05, 0.1) is 13.0 Å². The number of esters is 1. The van der Waals surface area contributed by atoms with Crippen molar-refractivity contribution in [1.29, 1.82) is 0 Å². The molecule has 15 heavy (non-hydrogen) atoms. The summed E-state index contributed by atoms with van der Waals surface area (Å²) < 4.78 is 4.69. The summed E-state index contributed by atoms with van der Waals surface area (Å²) in [5, 5.41) is 11.1. The Balaban J connectivity index is 3.04. The number of aliphatic carboxylic acids is 1. The highest BCUT2D eigenvalue weighted by atomic mass is 16.5. The van der Waals surface area contributed by atoms with Crippen LogP contribution in [0.5, 0.6) is 0 Å². The van der Waals surface area contributed by atoms with Gasteiger partial charge in [-0.25, -0.2) is 0 Å². The second kappa shape index (κ2) is 3.51. The van der Waals surface area contributed by atoms with E-state index in [-0.39, 0.29) is 11.9 Å². The van der Waals surface area contributed by atoms with E-state index in [9.17, 15) is 14.7 Å². The van der Waals surface area contributed by atoms with Gasteiger partial charge >= 0.3 is 5.97 Å². The maximum absolute atomic E-state index is 11.5. The molecule has 1 aliphatic carbocycles. The van der Waals surface area contributed by atoms with Gasteiger partial charge in [-0.2, -0.15) is 0 Å². The van der Waals surface area contributed by atoms with E-state index in [0.717, 1.165) is 0 Å². The van der Waals surface area contributed by atoms with Crippen molar-refractivity contribution in [2.75, 3.05) is 7.11 Å². The molecule has 0 aromatic heterocycles. The van der Waals surface area contributed by atoms with Crippen molar-refractivity contribution in [3.05, 3.63) is 0 Å². The van der Waals surface area contributed by atoms with Crippen molar-refractivity contribution in [1.82, 2.24) is 0 Å². The Kier molecular flexibility index (Phi) is 2.81. The topological polar surface area (TPSA) is 66.4 Å². The lowest BCUT2D eigenvalue weighted by Gasteiger charge is -2.41. The molecule has 0 heterocycles. The molecule has 86 valence electrons. The van der Waals surface area contributed by atoms with Gasteiger partial charge in [-0.3, -0.25) is 4.79 Å². The van der Waals surface area contributed by atoms with Crippen LogP contribution in [0.25, 0.3) is 0 Å². The number of carbonyl (C=O) groups excluding carboxylic acids is 2. The van der Waals surface area contributed by atoms with Crippen LogP contribution in [0.1, 0.15) is 33.6 Å². The molecular weight excluding hydrogens is 196 g/mol. The van der Waals surface area contributed by atoms with Crippen LogP contribution in [0.3, 0.4) is 0 Å². The zero-order valence-corrected chi connectivity index (χ0v) is 9.62. The van der Waals surface area contributed by atoms with Crippen LogP contribution in [-0.2, 0) is 14.3 Å². The smallest absolute Gasteiger partial charge is 0.309 e. The quantitative estimate of drug-likeness (QED) is 0.621. The normalized spacial score (nSPS) is 33.7. The summed E-state index contributed by atoms with van der Waals surface area (Å²) in [5.41, 5.74) is -1.58. The lowest BCUT2D eigenvalue weighted by Crippen LogP contribution is -2.49. The highest BCUT2D eigenvalue weighted by Gasteiger charge is 2.55. The van der Waals surface area contributed by atoms with Gasteiger partial charge < -0.3 is 14.6 Å². The van der Waals surface area contributed by atoms with Gasteiger partial charge in [0.25, 0.3) is 0 Å². The molecular formula is C11H17O4-. The zero-order chi connectivity index (χ0) is 11.9. The summed E-state index contributed by atoms with van der Waals surface area (Å²) in [6.07, 6.45) is 1.01. The lowest BCUT2D eigenvalue weighted by atomic mass is 9.66. The third-order valence-electron chi connectivity index (χ3n) is 4.16. The van der Waals surface area contributed by atoms with Crippen LogP contribution >= 0.6 is 0 Å². The first-order chi connectivity index (χ1) is 6.77. The molecule has 0 aromatic carbocycles. The van der Waals surface area contributed by atoms with E-state index in [2.05, 4.69) is 0 Å². The fourth-order valence-corrected chi connectivity index (χ4v) is 2.42. The Hall–Kier alpha value is -1.06. The number of hydrogen-bond acceptors (Lipinski definition) is 4. The maximum atomic E-state index is 11.5. The molecule has 2 atom stereocenters. The monoisotopic (exact) mass is 213 g/mol. The largest absolute Gasteiger partial charge is 0.550 e. The van der Waals surface area contributed by atoms with E-state index in [1.165, 1.54) is 7.11 Å². The molecule has 1 rings (SSSR count). The molecule has 0 aromatic rings. The molecule has 0 unspecified atom stereocenters. The summed E-state index contributed by atoms with van der Waals surface area (Å²) in [7, 11) is 1.33. The minimum absolute atomic E-state index is 0.329. The Labute approximate surface area is 89.6 Å². The number of hydrogen-bond donors (Lipinski definition) is 0. The van der Waals surface area contributed by atoms with Crippen LogP contribution < -0.4 is 5.11 Å². The van der Waals surface area contributed by atoms with E-state index >= 15 is 0 Å². The first-order valence-corrected chi connectivity index (χ1v) is 5.06. The molecule has 0 spiro atoms. The van der Waals surface area contributed by atoms with Crippen molar-refractivity contribution in [2.24, 2.45) is 16.7 Å². The van der Waals surface area contributed by atoms with Crippen molar-refractivity contribution in [3.63, 3.8) is 0 Å². The Morgan fingerprint density at radius 3 is 2.20 bits per heavy atom. The molecule has 1 fully saturated rings. The Bertz CT molecular complexity index is 295. The van der Waals surface area contributed by atoms with Crippen molar-refractivity contribution in [2.45, 2.75) is 33.6 Å². The molecule has 0 saturated heterocycles. The maximum Gasteiger partial charge on any atom is 0.309 e. The van der Waals surface area contributed by atoms with Gasteiger partial charge in [0.1, 0.15) is 0 Å². The standard InChI is InChI=1S/C11H18O4/c1-10(2)7(8(12)15-4)5-6-11(10,3)9(13)14/h7H,5-6H2,1-4H3,(H,13,14)/p-1/t7-,11+/m0/s1. The van der Waals surface area contributed by atoms with Crippen LogP contribution in [0.4, 0.5) is 0 Å². The highest BCUT2D eigenvalue weighted by Crippen LogP contribution is 2.55. The summed E-state index contributed by atoms with van der Waals surface area (Å²) in [5.74, 6) is -1.77. The second-order valence-corrected chi connectivity index (χ2v) is 4.96. The molecule has 0 bridgehead atoms. The summed E-state index contributed by atoms with van der Waals surface area (Å²) >= 11 is 0. The van der Waals surface area contributed by atoms with Crippen LogP contribution in [0.2, 0.25) is 0 Å². The number of carbonyl (C=O) groups is 2. The Morgan fingerprint density at radius 2 is 1.87 bits per heavy atom. The summed E-state index contributed by atoms with van der Waals surface area (Å²) in [6, 6.07) is 0. The number of carboxylic acids is 1. The first-order valence-electron chi connectivity index (χ1n) is 5.06. The summed E-state index contributed by atoms with van der Waals surface area (Å²) in [6.45, 7) is 5.22. The second-order valence-electron chi connectivity index (χ2n) is 4.96. The predicted molar refractivity (Wildman–Crippen MR) is 51.6 cm³/mol. The minimum atomic E-state index is -1.08. The van der Waals surface area contributed by atoms with Crippen molar-refractivity contribution >= 4 is 11.9 Å². The van der Waals surface area contributed by atoms with Gasteiger partial charge in [0.2, 0.25) is 0 Å². The van der Waals surface area contributed by atoms with Gasteiger partial charge in [-0.15, -0.1) is 0 Å². The van der Waals surface area contributed by atoms with E-state index in [4.69, 9.17) is 4.74 Å². The molecule has 0 radical (unpaired) electrons. The molecule has 1 aliphatic rings. The number of methoxy groups -OCH3 is 1. The molecule has 4 heteroatoms. The Morgan fingerprint density at radius 1 is 1.33 bits per heavy atom. The van der Waals surface area contributed by atoms with Crippen LogP contribution in [0, 0.1) is 16.7 Å². The third kappa shape index (κ3) is 1.52. The summed E-state index contributed by atoms with van der Waals surface area (Å²) in [4.78, 5) is 22.6. The molecule has 1 saturated carbocycles. The van der Waals surface area contributed by atoms with Gasteiger partial charge in [-0.1, -0.05) is 20.8 Å². The zero-order valence-electron chi connectivity index (χ0n) is 9.62. The van der Waals surface area contributed by atoms with E-state index in [0.29, 0.717) is 12.8 Å². The van der Waals surface area contributed by atoms with Gasteiger partial charge in [0.15, 0.2) is 0 Å². The van der Waals surface area contributed by atoms with E-state index in [1.54, 1.807) is 20.8 Å².